The Morgan fingerprint density at radius 3 is 3.35 bits per heavy atom. The predicted molar refractivity (Wildman–Crippen MR) is 62.2 cm³/mol. The second kappa shape index (κ2) is 5.29. The van der Waals surface area contributed by atoms with E-state index in [1.807, 2.05) is 6.92 Å². The zero-order chi connectivity index (χ0) is 12.3. The SMILES string of the molecule is CC(CO)CNC(=O)C1Cc2nc[nH]c2CN1. The molecule has 0 aliphatic carbocycles. The number of aromatic nitrogens is 2. The number of aromatic amines is 1. The number of amides is 1. The minimum absolute atomic E-state index is 0.0287. The lowest BCUT2D eigenvalue weighted by Crippen LogP contribution is -2.48. The van der Waals surface area contributed by atoms with E-state index in [-0.39, 0.29) is 24.5 Å². The molecule has 2 heterocycles. The van der Waals surface area contributed by atoms with E-state index in [0.29, 0.717) is 19.5 Å². The molecule has 94 valence electrons. The zero-order valence-electron chi connectivity index (χ0n) is 9.86. The maximum atomic E-state index is 11.9. The van der Waals surface area contributed by atoms with E-state index in [4.69, 9.17) is 5.11 Å². The summed E-state index contributed by atoms with van der Waals surface area (Å²) in [5.74, 6) is 0.0578. The Kier molecular flexibility index (Phi) is 3.75. The molecule has 6 heteroatoms. The minimum atomic E-state index is -0.225. The summed E-state index contributed by atoms with van der Waals surface area (Å²) in [6, 6.07) is -0.225. The van der Waals surface area contributed by atoms with Gasteiger partial charge in [-0.25, -0.2) is 4.98 Å². The Bertz CT molecular complexity index is 391. The van der Waals surface area contributed by atoms with Crippen molar-refractivity contribution in [1.29, 1.82) is 0 Å². The molecule has 0 radical (unpaired) electrons. The van der Waals surface area contributed by atoms with Crippen molar-refractivity contribution in [2.45, 2.75) is 25.9 Å². The van der Waals surface area contributed by atoms with Gasteiger partial charge in [-0.15, -0.1) is 0 Å². The van der Waals surface area contributed by atoms with Gasteiger partial charge in [0.15, 0.2) is 0 Å². The highest BCUT2D eigenvalue weighted by molar-refractivity contribution is 5.82. The third-order valence-electron chi connectivity index (χ3n) is 2.98. The van der Waals surface area contributed by atoms with Gasteiger partial charge >= 0.3 is 0 Å². The number of nitrogens with one attached hydrogen (secondary N) is 3. The number of hydrogen-bond donors (Lipinski definition) is 4. The Labute approximate surface area is 99.8 Å². The van der Waals surface area contributed by atoms with Crippen LogP contribution in [0.5, 0.6) is 0 Å². The summed E-state index contributed by atoms with van der Waals surface area (Å²) in [7, 11) is 0. The molecule has 6 nitrogen and oxygen atoms in total. The van der Waals surface area contributed by atoms with Crippen LogP contribution in [0.2, 0.25) is 0 Å². The number of rotatable bonds is 4. The zero-order valence-corrected chi connectivity index (χ0v) is 9.86. The lowest BCUT2D eigenvalue weighted by Gasteiger charge is -2.22. The quantitative estimate of drug-likeness (QED) is 0.551. The standard InChI is InChI=1S/C11H18N4O2/c1-7(5-16)3-13-11(17)9-2-8-10(4-12-9)15-6-14-8/h6-7,9,12,16H,2-5H2,1H3,(H,13,17)(H,14,15). The van der Waals surface area contributed by atoms with E-state index in [2.05, 4.69) is 20.6 Å². The van der Waals surface area contributed by atoms with Crippen molar-refractivity contribution in [2.75, 3.05) is 13.2 Å². The molecule has 0 saturated carbocycles. The van der Waals surface area contributed by atoms with Gasteiger partial charge in [0.05, 0.1) is 23.8 Å². The Morgan fingerprint density at radius 2 is 2.59 bits per heavy atom. The summed E-state index contributed by atoms with van der Waals surface area (Å²) in [6.07, 6.45) is 2.26. The predicted octanol–water partition coefficient (Wildman–Crippen LogP) is -0.831. The third kappa shape index (κ3) is 2.83. The molecule has 2 rings (SSSR count). The highest BCUT2D eigenvalue weighted by Crippen LogP contribution is 2.12. The van der Waals surface area contributed by atoms with Crippen molar-refractivity contribution in [3.8, 4) is 0 Å². The molecule has 0 saturated heterocycles. The molecule has 17 heavy (non-hydrogen) atoms. The van der Waals surface area contributed by atoms with Gasteiger partial charge in [0.25, 0.3) is 0 Å². The fraction of sp³-hybridized carbons (Fsp3) is 0.636. The van der Waals surface area contributed by atoms with Crippen molar-refractivity contribution < 1.29 is 9.90 Å². The van der Waals surface area contributed by atoms with Crippen LogP contribution in [0.1, 0.15) is 18.3 Å². The lowest BCUT2D eigenvalue weighted by atomic mass is 10.0. The van der Waals surface area contributed by atoms with E-state index in [1.165, 1.54) is 0 Å². The summed E-state index contributed by atoms with van der Waals surface area (Å²) < 4.78 is 0. The van der Waals surface area contributed by atoms with Crippen LogP contribution in [-0.4, -0.2) is 40.2 Å². The fourth-order valence-electron chi connectivity index (χ4n) is 1.82. The molecule has 1 aliphatic heterocycles. The van der Waals surface area contributed by atoms with E-state index < -0.39 is 0 Å². The number of aliphatic hydroxyl groups excluding tert-OH is 1. The number of hydrogen-bond acceptors (Lipinski definition) is 4. The van der Waals surface area contributed by atoms with E-state index in [1.54, 1.807) is 6.33 Å². The van der Waals surface area contributed by atoms with Crippen molar-refractivity contribution in [1.82, 2.24) is 20.6 Å². The van der Waals surface area contributed by atoms with E-state index in [0.717, 1.165) is 11.4 Å². The van der Waals surface area contributed by atoms with Crippen LogP contribution in [0.4, 0.5) is 0 Å². The first-order valence-electron chi connectivity index (χ1n) is 5.83. The third-order valence-corrected chi connectivity index (χ3v) is 2.98. The van der Waals surface area contributed by atoms with Gasteiger partial charge in [0.1, 0.15) is 0 Å². The molecule has 0 spiro atoms. The summed E-state index contributed by atoms with van der Waals surface area (Å²) in [4.78, 5) is 19.1. The number of nitrogens with zero attached hydrogens (tertiary/aromatic N) is 1. The second-order valence-corrected chi connectivity index (χ2v) is 4.50. The molecule has 0 fully saturated rings. The molecular formula is C11H18N4O2. The lowest BCUT2D eigenvalue weighted by molar-refractivity contribution is -0.123. The normalized spacial score (nSPS) is 20.7. The van der Waals surface area contributed by atoms with Crippen LogP contribution in [0.15, 0.2) is 6.33 Å². The molecule has 1 aromatic heterocycles. The minimum Gasteiger partial charge on any atom is -0.396 e. The van der Waals surface area contributed by atoms with Gasteiger partial charge in [-0.2, -0.15) is 0 Å². The number of imidazole rings is 1. The highest BCUT2D eigenvalue weighted by Gasteiger charge is 2.25. The summed E-state index contributed by atoms with van der Waals surface area (Å²) in [5, 5.41) is 14.9. The number of fused-ring (bicyclic) bond motifs is 1. The maximum Gasteiger partial charge on any atom is 0.237 e. The first kappa shape index (κ1) is 12.1. The Balaban J connectivity index is 1.86. The smallest absolute Gasteiger partial charge is 0.237 e. The van der Waals surface area contributed by atoms with Crippen LogP contribution in [0.25, 0.3) is 0 Å². The average molecular weight is 238 g/mol. The van der Waals surface area contributed by atoms with Crippen LogP contribution in [0.3, 0.4) is 0 Å². The fourth-order valence-corrected chi connectivity index (χ4v) is 1.82. The first-order valence-corrected chi connectivity index (χ1v) is 5.83. The first-order chi connectivity index (χ1) is 8.20. The number of carbonyl (C=O) groups is 1. The molecule has 0 bridgehead atoms. The monoisotopic (exact) mass is 238 g/mol. The van der Waals surface area contributed by atoms with Crippen LogP contribution < -0.4 is 10.6 Å². The van der Waals surface area contributed by atoms with Gasteiger partial charge in [0, 0.05) is 26.1 Å². The van der Waals surface area contributed by atoms with Crippen LogP contribution >= 0.6 is 0 Å². The van der Waals surface area contributed by atoms with E-state index >= 15 is 0 Å². The second-order valence-electron chi connectivity index (χ2n) is 4.50. The number of aliphatic hydroxyl groups is 1. The Hall–Kier alpha value is -1.40. The van der Waals surface area contributed by atoms with Gasteiger partial charge in [-0.3, -0.25) is 10.1 Å². The number of carbonyl (C=O) groups excluding carboxylic acids is 1. The molecule has 1 aliphatic rings. The largest absolute Gasteiger partial charge is 0.396 e. The maximum absolute atomic E-state index is 11.9. The van der Waals surface area contributed by atoms with Crippen molar-refractivity contribution >= 4 is 5.91 Å². The summed E-state index contributed by atoms with van der Waals surface area (Å²) in [6.45, 7) is 3.12. The average Bonchev–Trinajstić information content (AvgIpc) is 2.82. The topological polar surface area (TPSA) is 90.0 Å². The van der Waals surface area contributed by atoms with Gasteiger partial charge in [-0.1, -0.05) is 6.92 Å². The van der Waals surface area contributed by atoms with Gasteiger partial charge in [-0.05, 0) is 5.92 Å². The van der Waals surface area contributed by atoms with Crippen molar-refractivity contribution in [3.05, 3.63) is 17.7 Å². The van der Waals surface area contributed by atoms with Crippen LogP contribution in [0, 0.1) is 5.92 Å². The molecule has 1 amide bonds. The van der Waals surface area contributed by atoms with Crippen LogP contribution in [-0.2, 0) is 17.8 Å². The van der Waals surface area contributed by atoms with E-state index in [9.17, 15) is 4.79 Å². The van der Waals surface area contributed by atoms with Crippen molar-refractivity contribution in [3.63, 3.8) is 0 Å². The molecule has 2 atom stereocenters. The molecule has 0 aromatic carbocycles. The highest BCUT2D eigenvalue weighted by atomic mass is 16.3. The van der Waals surface area contributed by atoms with Gasteiger partial charge < -0.3 is 15.4 Å². The number of H-pyrrole nitrogens is 1. The molecular weight excluding hydrogens is 220 g/mol. The summed E-state index contributed by atoms with van der Waals surface area (Å²) in [5.41, 5.74) is 2.01. The van der Waals surface area contributed by atoms with Gasteiger partial charge in [0.2, 0.25) is 5.91 Å². The molecule has 4 N–H and O–H groups in total. The molecule has 2 unspecified atom stereocenters. The molecule has 1 aromatic rings. The Morgan fingerprint density at radius 1 is 1.76 bits per heavy atom. The summed E-state index contributed by atoms with van der Waals surface area (Å²) >= 11 is 0. The van der Waals surface area contributed by atoms with Crippen molar-refractivity contribution in [2.24, 2.45) is 5.92 Å².